The third-order valence-electron chi connectivity index (χ3n) is 4.28. The van der Waals surface area contributed by atoms with Crippen molar-refractivity contribution in [2.24, 2.45) is 0 Å². The normalized spacial score (nSPS) is 12.1. The van der Waals surface area contributed by atoms with Gasteiger partial charge in [-0.3, -0.25) is 0 Å². The fraction of sp³-hybridized carbons (Fsp3) is 0.0952. The summed E-state index contributed by atoms with van der Waals surface area (Å²) in [6.07, 6.45) is 0. The summed E-state index contributed by atoms with van der Waals surface area (Å²) in [7, 11) is 0. The number of hydrogen-bond donors (Lipinski definition) is 2. The Balaban J connectivity index is 1.62. The lowest BCUT2D eigenvalue weighted by Crippen LogP contribution is -1.96. The molecular formula is C21H16N4OS. The summed E-state index contributed by atoms with van der Waals surface area (Å²) < 4.78 is 0. The molecule has 0 spiro atoms. The first-order chi connectivity index (χ1) is 13.2. The minimum absolute atomic E-state index is 0.0193. The molecule has 0 aliphatic rings. The largest absolute Gasteiger partial charge is 0.510 e. The Kier molecular flexibility index (Phi) is 4.53. The third kappa shape index (κ3) is 3.37. The second kappa shape index (κ2) is 7.14. The summed E-state index contributed by atoms with van der Waals surface area (Å²) in [5.41, 5.74) is 3.78. The molecule has 0 fully saturated rings. The molecule has 2 N–H and O–H groups in total. The molecule has 0 atom stereocenters. The van der Waals surface area contributed by atoms with Gasteiger partial charge in [0.25, 0.3) is 0 Å². The number of pyridine rings is 1. The monoisotopic (exact) mass is 372 g/mol. The van der Waals surface area contributed by atoms with E-state index in [-0.39, 0.29) is 17.1 Å². The van der Waals surface area contributed by atoms with Crippen LogP contribution in [0.25, 0.3) is 27.5 Å². The first kappa shape index (κ1) is 17.1. The summed E-state index contributed by atoms with van der Waals surface area (Å²) in [4.78, 5) is 12.1. The molecule has 0 saturated heterocycles. The van der Waals surface area contributed by atoms with Crippen molar-refractivity contribution in [2.45, 2.75) is 11.9 Å². The predicted molar refractivity (Wildman–Crippen MR) is 108 cm³/mol. The number of allylic oxidation sites excluding steroid dienone is 1. The van der Waals surface area contributed by atoms with E-state index in [2.05, 4.69) is 21.0 Å². The summed E-state index contributed by atoms with van der Waals surface area (Å²) in [5.74, 6) is 0.596. The number of imidazole rings is 1. The first-order valence-corrected chi connectivity index (χ1v) is 9.41. The number of aliphatic hydroxyl groups is 1. The molecule has 2 aromatic heterocycles. The van der Waals surface area contributed by atoms with Crippen LogP contribution in [0, 0.1) is 18.3 Å². The molecule has 0 radical (unpaired) electrons. The van der Waals surface area contributed by atoms with Gasteiger partial charge >= 0.3 is 0 Å². The van der Waals surface area contributed by atoms with Crippen LogP contribution in [0.3, 0.4) is 0 Å². The molecule has 132 valence electrons. The van der Waals surface area contributed by atoms with E-state index < -0.39 is 0 Å². The summed E-state index contributed by atoms with van der Waals surface area (Å²) >= 11 is 1.39. The average molecular weight is 372 g/mol. The lowest BCUT2D eigenvalue weighted by Gasteiger charge is -2.06. The minimum Gasteiger partial charge on any atom is -0.510 e. The molecule has 5 nitrogen and oxygen atoms in total. The number of nitriles is 1. The number of H-pyrrole nitrogens is 1. The van der Waals surface area contributed by atoms with Gasteiger partial charge in [0.05, 0.1) is 27.3 Å². The van der Waals surface area contributed by atoms with Crippen molar-refractivity contribution in [3.63, 3.8) is 0 Å². The van der Waals surface area contributed by atoms with E-state index in [1.807, 2.05) is 61.5 Å². The molecule has 6 heteroatoms. The Bertz CT molecular complexity index is 1190. The maximum Gasteiger partial charge on any atom is 0.152 e. The highest BCUT2D eigenvalue weighted by Gasteiger charge is 2.14. The van der Waals surface area contributed by atoms with Gasteiger partial charge in [0.2, 0.25) is 0 Å². The molecular weight excluding hydrogens is 356 g/mol. The number of aryl methyl sites for hydroxylation is 1. The standard InChI is InChI=1S/C21H16N4OS/c1-13-10-20(23-16-7-3-2-6-14(13)16)27-12-19(26)15(11-22)21-24-17-8-4-5-9-18(17)25-21/h2-10,26H,12H2,1H3,(H,24,25)/b19-15-. The van der Waals surface area contributed by atoms with Crippen LogP contribution in [0.4, 0.5) is 0 Å². The lowest BCUT2D eigenvalue weighted by molar-refractivity contribution is 0.420. The van der Waals surface area contributed by atoms with E-state index in [1.54, 1.807) is 0 Å². The SMILES string of the molecule is Cc1cc(SC/C(O)=C(\C#N)c2nc3ccccc3[nH]2)nc2ccccc12. The Morgan fingerprint density at radius 1 is 1.11 bits per heavy atom. The number of nitrogens with zero attached hydrogens (tertiary/aromatic N) is 3. The van der Waals surface area contributed by atoms with Gasteiger partial charge in [-0.15, -0.1) is 0 Å². The number of aromatic nitrogens is 3. The van der Waals surface area contributed by atoms with Crippen LogP contribution in [-0.2, 0) is 0 Å². The molecule has 0 saturated carbocycles. The Labute approximate surface area is 160 Å². The van der Waals surface area contributed by atoms with Crippen molar-refractivity contribution in [1.29, 1.82) is 5.26 Å². The zero-order chi connectivity index (χ0) is 18.8. The minimum atomic E-state index is -0.0193. The molecule has 0 aliphatic heterocycles. The maximum atomic E-state index is 10.5. The van der Waals surface area contributed by atoms with Gasteiger partial charge in [0, 0.05) is 5.39 Å². The predicted octanol–water partition coefficient (Wildman–Crippen LogP) is 5.00. The zero-order valence-electron chi connectivity index (χ0n) is 14.6. The van der Waals surface area contributed by atoms with Crippen LogP contribution < -0.4 is 0 Å². The number of aliphatic hydroxyl groups excluding tert-OH is 1. The van der Waals surface area contributed by atoms with Gasteiger partial charge in [0.1, 0.15) is 17.4 Å². The second-order valence-corrected chi connectivity index (χ2v) is 7.11. The molecule has 2 aromatic carbocycles. The average Bonchev–Trinajstić information content (AvgIpc) is 3.10. The number of hydrogen-bond acceptors (Lipinski definition) is 5. The molecule has 4 rings (SSSR count). The molecule has 0 unspecified atom stereocenters. The van der Waals surface area contributed by atoms with E-state index in [1.165, 1.54) is 11.8 Å². The van der Waals surface area contributed by atoms with E-state index in [0.717, 1.165) is 32.5 Å². The van der Waals surface area contributed by atoms with E-state index in [0.29, 0.717) is 5.82 Å². The van der Waals surface area contributed by atoms with Crippen LogP contribution in [-0.4, -0.2) is 25.8 Å². The number of rotatable bonds is 4. The number of para-hydroxylation sites is 3. The smallest absolute Gasteiger partial charge is 0.152 e. The zero-order valence-corrected chi connectivity index (χ0v) is 15.4. The maximum absolute atomic E-state index is 10.5. The van der Waals surface area contributed by atoms with Crippen LogP contribution >= 0.6 is 11.8 Å². The summed E-state index contributed by atoms with van der Waals surface area (Å²) in [5, 5.41) is 21.9. The van der Waals surface area contributed by atoms with Crippen molar-refractivity contribution >= 4 is 39.3 Å². The van der Waals surface area contributed by atoms with Gasteiger partial charge in [-0.25, -0.2) is 9.97 Å². The summed E-state index contributed by atoms with van der Waals surface area (Å²) in [6, 6.07) is 19.5. The van der Waals surface area contributed by atoms with Crippen LogP contribution in [0.1, 0.15) is 11.4 Å². The molecule has 0 amide bonds. The van der Waals surface area contributed by atoms with Gasteiger partial charge in [-0.2, -0.15) is 5.26 Å². The van der Waals surface area contributed by atoms with E-state index >= 15 is 0 Å². The van der Waals surface area contributed by atoms with E-state index in [4.69, 9.17) is 0 Å². The van der Waals surface area contributed by atoms with Gasteiger partial charge in [-0.05, 0) is 36.8 Å². The van der Waals surface area contributed by atoms with Gasteiger partial charge < -0.3 is 10.1 Å². The fourth-order valence-corrected chi connectivity index (χ4v) is 3.78. The van der Waals surface area contributed by atoms with Crippen LogP contribution in [0.15, 0.2) is 65.4 Å². The van der Waals surface area contributed by atoms with Crippen LogP contribution in [0.5, 0.6) is 0 Å². The third-order valence-corrected chi connectivity index (χ3v) is 5.21. The quantitative estimate of drug-likeness (QED) is 0.299. The number of aromatic amines is 1. The highest BCUT2D eigenvalue weighted by molar-refractivity contribution is 7.99. The van der Waals surface area contributed by atoms with Crippen LogP contribution in [0.2, 0.25) is 0 Å². The van der Waals surface area contributed by atoms with Crippen molar-refractivity contribution in [3.05, 3.63) is 71.7 Å². The Morgan fingerprint density at radius 3 is 2.63 bits per heavy atom. The number of fused-ring (bicyclic) bond motifs is 2. The molecule has 2 heterocycles. The molecule has 0 aliphatic carbocycles. The highest BCUT2D eigenvalue weighted by Crippen LogP contribution is 2.26. The first-order valence-electron chi connectivity index (χ1n) is 8.42. The molecule has 0 bridgehead atoms. The molecule has 4 aromatic rings. The number of thioether (sulfide) groups is 1. The molecule has 27 heavy (non-hydrogen) atoms. The van der Waals surface area contributed by atoms with E-state index in [9.17, 15) is 10.4 Å². The van der Waals surface area contributed by atoms with Crippen molar-refractivity contribution in [1.82, 2.24) is 15.0 Å². The van der Waals surface area contributed by atoms with Crippen molar-refractivity contribution in [3.8, 4) is 6.07 Å². The van der Waals surface area contributed by atoms with Crippen molar-refractivity contribution in [2.75, 3.05) is 5.75 Å². The van der Waals surface area contributed by atoms with Crippen molar-refractivity contribution < 1.29 is 5.11 Å². The van der Waals surface area contributed by atoms with Gasteiger partial charge in [0.15, 0.2) is 5.82 Å². The second-order valence-electron chi connectivity index (χ2n) is 6.12. The number of benzene rings is 2. The number of nitrogens with one attached hydrogen (secondary N) is 1. The summed E-state index contributed by atoms with van der Waals surface area (Å²) in [6.45, 7) is 2.04. The fourth-order valence-electron chi connectivity index (χ4n) is 2.93. The lowest BCUT2D eigenvalue weighted by atomic mass is 10.1. The topological polar surface area (TPSA) is 85.6 Å². The Morgan fingerprint density at radius 2 is 1.85 bits per heavy atom. The van der Waals surface area contributed by atoms with Gasteiger partial charge in [-0.1, -0.05) is 42.1 Å². The highest BCUT2D eigenvalue weighted by atomic mass is 32.2. The Hall–Kier alpha value is -3.30.